The molecule has 11 rings (SSSR count). The van der Waals surface area contributed by atoms with Gasteiger partial charge in [0, 0.05) is 34.1 Å². The molecule has 0 radical (unpaired) electrons. The highest BCUT2D eigenvalue weighted by atomic mass is 16.8. The summed E-state index contributed by atoms with van der Waals surface area (Å²) in [5.41, 5.74) is 0. The minimum Gasteiger partial charge on any atom is -0.477 e. The predicted molar refractivity (Wildman–Crippen MR) is 425 cm³/mol. The van der Waals surface area contributed by atoms with E-state index in [-0.39, 0.29) is 0 Å². The lowest BCUT2D eigenvalue weighted by Crippen LogP contribution is -2.71. The summed E-state index contributed by atoms with van der Waals surface area (Å²) in [4.78, 5) is 64.4. The minimum atomic E-state index is -3.12. The molecule has 139 heavy (non-hydrogen) atoms. The molecule has 62 heteroatoms. The number of nitrogens with one attached hydrogen (secondary N) is 4. The van der Waals surface area contributed by atoms with E-state index in [4.69, 9.17) is 99.5 Å². The van der Waals surface area contributed by atoms with Crippen LogP contribution in [0, 0.1) is 0 Å². The van der Waals surface area contributed by atoms with Crippen molar-refractivity contribution in [3.8, 4) is 0 Å². The normalized spacial score (nSPS) is 48.9. The number of carboxylic acid groups (broad SMARTS) is 1. The first-order chi connectivity index (χ1) is 65.5. The maximum atomic E-state index is 13.3. The van der Waals surface area contributed by atoms with Crippen LogP contribution in [0.1, 0.15) is 41.0 Å². The number of aliphatic hydroxyl groups is 31. The average Bonchev–Trinajstić information content (AvgIpc) is 0.764. The molecule has 0 unspecified atom stereocenters. The van der Waals surface area contributed by atoms with Gasteiger partial charge in [-0.2, -0.15) is 0 Å². The standard InChI is InChI=1S/C77H128N4O58/c1-17-37(94)48(105)53(110)69(123-17)121-15-32-61(45(102)34(66(116)124-32)79-19(3)89)133-67-35(80-20(4)90)46(103)60(28(12-87)128-67)135-74-58(115)64(44(101)30(131-74)14-120-71-57(114)63(136-72-55(112)50(107)40(97)25(9-84)126-72)43(100)29(130-71)13-119-70-54(111)49(106)39(96)24(8-83)125-70)137-75-65(52(109)41(98)26(10-85)127-75)138-68-36(81-21(5)91)47(104)59(27(11-86)129-68)134-73-56(113)51(108)42(99)31(132-73)16-122-77(76(117)118)6-22(92)33(78-18(2)88)62(139-77)38(95)23(93)7-82/h17,22-75,82-87,92-116H,6-16H2,1-5H3,(H,78,88)(H,79,89)(H,80,90)(H,81,91)(H,117,118)/t17-,22-,23+,24+,25+,26+,27+,28+,29+,30+,31+,32+,33+,34+,35+,36+,37+,38+,39+,40+,41+,42-,43+,44+,45+,46+,47+,48+,49-,50-,51-,52-,53-,54-,55-,56+,57-,58-,59+,60+,61+,62+,63-,64-,65-,66-,67-,68-,69+,70-,71-,72+,73-,74-,75+,77+/m0/s1. The van der Waals surface area contributed by atoms with Gasteiger partial charge in [0.05, 0.1) is 84.3 Å². The Morgan fingerprint density at radius 3 is 1.08 bits per heavy atom. The van der Waals surface area contributed by atoms with Crippen LogP contribution >= 0.6 is 0 Å². The fourth-order valence-corrected chi connectivity index (χ4v) is 17.8. The molecule has 0 bridgehead atoms. The summed E-state index contributed by atoms with van der Waals surface area (Å²) in [6, 6.07) is -7.73. The minimum absolute atomic E-state index is 0.847. The summed E-state index contributed by atoms with van der Waals surface area (Å²) in [5.74, 6) is -9.04. The lowest BCUT2D eigenvalue weighted by Gasteiger charge is -2.51. The molecule has 0 aliphatic carbocycles. The van der Waals surface area contributed by atoms with Crippen LogP contribution in [-0.2, 0) is 123 Å². The smallest absolute Gasteiger partial charge is 0.364 e. The highest BCUT2D eigenvalue weighted by Gasteiger charge is 2.63. The molecule has 62 nitrogen and oxygen atoms in total. The number of rotatable bonds is 37. The lowest BCUT2D eigenvalue weighted by atomic mass is 9.88. The number of aliphatic hydroxyl groups excluding tert-OH is 31. The average molecular weight is 2040 g/mol. The van der Waals surface area contributed by atoms with Gasteiger partial charge in [-0.25, -0.2) is 4.79 Å². The van der Waals surface area contributed by atoms with Gasteiger partial charge in [0.1, 0.15) is 256 Å². The molecule has 0 aromatic heterocycles. The van der Waals surface area contributed by atoms with E-state index in [9.17, 15) is 187 Å². The van der Waals surface area contributed by atoms with Crippen LogP contribution in [0.2, 0.25) is 0 Å². The number of carbonyl (C=O) groups excluding carboxylic acids is 4. The van der Waals surface area contributed by atoms with E-state index in [0.29, 0.717) is 0 Å². The Kier molecular flexibility index (Phi) is 40.7. The Morgan fingerprint density at radius 1 is 0.309 bits per heavy atom. The molecular formula is C77H128N4O58. The van der Waals surface area contributed by atoms with Gasteiger partial charge in [0.25, 0.3) is 5.79 Å². The molecule has 0 saturated carbocycles. The zero-order chi connectivity index (χ0) is 103. The Bertz CT molecular complexity index is 3870. The van der Waals surface area contributed by atoms with Gasteiger partial charge in [0.15, 0.2) is 62.9 Å². The molecule has 11 aliphatic rings. The lowest BCUT2D eigenvalue weighted by molar-refractivity contribution is -0.399. The Morgan fingerprint density at radius 2 is 0.626 bits per heavy atom. The predicted octanol–water partition coefficient (Wildman–Crippen LogP) is -24.2. The molecule has 0 spiro atoms. The van der Waals surface area contributed by atoms with Gasteiger partial charge in [-0.3, -0.25) is 19.2 Å². The van der Waals surface area contributed by atoms with Gasteiger partial charge < -0.3 is 284 Å². The molecule has 36 N–H and O–H groups in total. The summed E-state index contributed by atoms with van der Waals surface area (Å²) in [6.07, 6.45) is -112. The summed E-state index contributed by atoms with van der Waals surface area (Å²) >= 11 is 0. The van der Waals surface area contributed by atoms with E-state index in [1.54, 1.807) is 0 Å². The number of ether oxygens (including phenoxy) is 21. The number of aliphatic carboxylic acids is 1. The summed E-state index contributed by atoms with van der Waals surface area (Å²) in [6.45, 7) is -6.71. The molecule has 11 fully saturated rings. The van der Waals surface area contributed by atoms with E-state index >= 15 is 0 Å². The molecule has 804 valence electrons. The Hall–Kier alpha value is -4.73. The van der Waals surface area contributed by atoms with Gasteiger partial charge in [-0.15, -0.1) is 0 Å². The summed E-state index contributed by atoms with van der Waals surface area (Å²) in [7, 11) is 0. The van der Waals surface area contributed by atoms with Crippen molar-refractivity contribution < 1.29 is 287 Å². The Balaban J connectivity index is 0.907. The van der Waals surface area contributed by atoms with Crippen molar-refractivity contribution in [2.24, 2.45) is 0 Å². The van der Waals surface area contributed by atoms with Crippen molar-refractivity contribution in [2.75, 3.05) is 66.1 Å². The highest BCUT2D eigenvalue weighted by molar-refractivity contribution is 5.77. The zero-order valence-corrected chi connectivity index (χ0v) is 74.5. The molecule has 4 amide bonds. The van der Waals surface area contributed by atoms with E-state index in [1.807, 2.05) is 0 Å². The third kappa shape index (κ3) is 25.5. The van der Waals surface area contributed by atoms with Gasteiger partial charge in [-0.05, 0) is 6.92 Å². The van der Waals surface area contributed by atoms with E-state index < -0.39 is 445 Å². The molecule has 56 atom stereocenters. The van der Waals surface area contributed by atoms with Crippen molar-refractivity contribution >= 4 is 29.6 Å². The van der Waals surface area contributed by atoms with Crippen molar-refractivity contribution in [3.05, 3.63) is 0 Å². The first kappa shape index (κ1) is 115. The first-order valence-corrected chi connectivity index (χ1v) is 44.1. The second-order valence-corrected chi connectivity index (χ2v) is 35.3. The fourth-order valence-electron chi connectivity index (χ4n) is 17.8. The second-order valence-electron chi connectivity index (χ2n) is 35.3. The molecule has 0 aromatic rings. The summed E-state index contributed by atoms with van der Waals surface area (Å²) < 4.78 is 124. The van der Waals surface area contributed by atoms with Crippen LogP contribution in [-0.4, -0.2) is 602 Å². The molecule has 11 saturated heterocycles. The van der Waals surface area contributed by atoms with Crippen LogP contribution in [0.5, 0.6) is 0 Å². The quantitative estimate of drug-likeness (QED) is 0.0275. The van der Waals surface area contributed by atoms with Gasteiger partial charge in [0.2, 0.25) is 23.6 Å². The highest BCUT2D eigenvalue weighted by Crippen LogP contribution is 2.42. The van der Waals surface area contributed by atoms with Crippen LogP contribution in [0.4, 0.5) is 0 Å². The number of hydrogen-bond donors (Lipinski definition) is 36. The van der Waals surface area contributed by atoms with Gasteiger partial charge in [-0.1, -0.05) is 0 Å². The van der Waals surface area contributed by atoms with E-state index in [2.05, 4.69) is 21.3 Å². The van der Waals surface area contributed by atoms with Gasteiger partial charge >= 0.3 is 5.97 Å². The van der Waals surface area contributed by atoms with Crippen LogP contribution in [0.15, 0.2) is 0 Å². The Labute approximate surface area is 785 Å². The van der Waals surface area contributed by atoms with Crippen LogP contribution in [0.25, 0.3) is 0 Å². The fraction of sp³-hybridized carbons (Fsp3) is 0.935. The van der Waals surface area contributed by atoms with E-state index in [0.717, 1.165) is 27.7 Å². The maximum absolute atomic E-state index is 13.3. The second kappa shape index (κ2) is 49.4. The third-order valence-corrected chi connectivity index (χ3v) is 25.5. The van der Waals surface area contributed by atoms with Crippen molar-refractivity contribution in [1.82, 2.24) is 21.3 Å². The zero-order valence-electron chi connectivity index (χ0n) is 74.5. The molecule has 0 aromatic carbocycles. The molecule has 11 aliphatic heterocycles. The van der Waals surface area contributed by atoms with Crippen LogP contribution in [0.3, 0.4) is 0 Å². The topological polar surface area (TPSA) is 975 Å². The third-order valence-electron chi connectivity index (χ3n) is 25.5. The number of amides is 4. The number of hydrogen-bond acceptors (Lipinski definition) is 57. The van der Waals surface area contributed by atoms with Crippen molar-refractivity contribution in [2.45, 2.75) is 384 Å². The number of carboxylic acids is 1. The summed E-state index contributed by atoms with van der Waals surface area (Å²) in [5, 5.41) is 367. The number of carbonyl (C=O) groups is 5. The van der Waals surface area contributed by atoms with Crippen molar-refractivity contribution in [3.63, 3.8) is 0 Å². The van der Waals surface area contributed by atoms with Crippen molar-refractivity contribution in [1.29, 1.82) is 0 Å². The SMILES string of the molecule is CC(=O)N[C@@H]1[C@@H](O)[C@H](O[C@@H]2O[C@H](CO)[C@@H](O[C@@H]3O[C@H](CO[C@H]4O[C@H](CO[C@H]5O[C@H](CO)[C@@H](O)[C@H](O)[C@@H]5O)[C@@H](O)[C@H](O[C@H]5O[C@H](CO)[C@@H](O)[C@H](O)[C@@H]5O)[C@@H]4O)[C@@H](O)[C@H](O[C@H]4O[C@H](CO)[C@@H](O)[C@H](O)[C@@H]4O[C@@H]4O[C@H](CO)[C@@H](O[C@@H]5O[C@H](CO[C@]6(C(=O)O)C[C@H](O)[C@@H](NC(C)=O)[C@H]([C@H](O)[C@H](O)CO)O6)[C@H](O)[C@H](O)[C@H]5O)[C@H](O)[C@H]4NC(C)=O)[C@@H]3O)[C@H](O)[C@H]2NC(C)=O)[C@@H](CO[C@@H]2O[C@@H](C)[C@@H](O)[C@@H](O)[C@@H]2O)O[C@@H]1O. The molecule has 11 heterocycles. The first-order valence-electron chi connectivity index (χ1n) is 44.1. The van der Waals surface area contributed by atoms with E-state index in [1.165, 1.54) is 6.92 Å². The molecular weight excluding hydrogens is 1910 g/mol. The van der Waals surface area contributed by atoms with Crippen LogP contribution < -0.4 is 21.3 Å². The monoisotopic (exact) mass is 2040 g/mol. The maximum Gasteiger partial charge on any atom is 0.364 e. The largest absolute Gasteiger partial charge is 0.477 e.